The van der Waals surface area contributed by atoms with E-state index in [1.54, 1.807) is 10.4 Å². The predicted molar refractivity (Wildman–Crippen MR) is 167 cm³/mol. The van der Waals surface area contributed by atoms with Gasteiger partial charge in [-0.25, -0.2) is 0 Å². The zero-order valence-corrected chi connectivity index (χ0v) is 29.1. The second kappa shape index (κ2) is 10.8. The first-order chi connectivity index (χ1) is 15.4. The molecular weight excluding hydrogens is 497 g/mol. The van der Waals surface area contributed by atoms with Crippen molar-refractivity contribution in [2.75, 3.05) is 0 Å². The average molecular weight is 547 g/mol. The first-order valence-corrected chi connectivity index (χ1v) is 28.4. The highest BCUT2D eigenvalue weighted by Crippen LogP contribution is 2.18. The molecule has 2 nitrogen and oxygen atoms in total. The standard InChI is InChI=1S/C27H50O2Si5/c1-13-14-23-34(12,26-19-15-24(16-20-26)32(8,9)28-30(2,3)4)27-21-17-25(18-22-27)33(10,11)29-31(5,6)7/h15-22H,13-14,23H2,1-12H3. The average Bonchev–Trinajstić information content (AvgIpc) is 2.69. The molecule has 2 aromatic carbocycles. The highest BCUT2D eigenvalue weighted by atomic mass is 28.4. The first-order valence-electron chi connectivity index (χ1n) is 13.0. The van der Waals surface area contributed by atoms with Crippen LogP contribution in [0.1, 0.15) is 19.8 Å². The summed E-state index contributed by atoms with van der Waals surface area (Å²) in [7, 11) is -8.70. The summed E-state index contributed by atoms with van der Waals surface area (Å²) in [4.78, 5) is 0. The van der Waals surface area contributed by atoms with Gasteiger partial charge in [0.25, 0.3) is 0 Å². The van der Waals surface area contributed by atoms with E-state index in [9.17, 15) is 0 Å². The SMILES string of the molecule is CCCC[Si](C)(c1ccc([Si](C)(C)O[Si](C)(C)C)cc1)c1ccc([Si](C)(C)O[Si](C)(C)C)cc1. The Bertz CT molecular complexity index is 852. The van der Waals surface area contributed by atoms with Crippen LogP contribution in [0.25, 0.3) is 0 Å². The maximum atomic E-state index is 6.65. The Morgan fingerprint density at radius 2 is 0.794 bits per heavy atom. The largest absolute Gasteiger partial charge is 0.452 e. The minimum Gasteiger partial charge on any atom is -0.452 e. The molecule has 0 spiro atoms. The summed E-state index contributed by atoms with van der Waals surface area (Å²) in [5, 5.41) is 5.92. The molecule has 0 N–H and O–H groups in total. The van der Waals surface area contributed by atoms with Crippen LogP contribution >= 0.6 is 0 Å². The normalized spacial score (nSPS) is 13.9. The summed E-state index contributed by atoms with van der Waals surface area (Å²) in [5.41, 5.74) is 0. The minimum absolute atomic E-state index is 1.24. The highest BCUT2D eigenvalue weighted by molar-refractivity contribution is 7.01. The monoisotopic (exact) mass is 546 g/mol. The van der Waals surface area contributed by atoms with Gasteiger partial charge >= 0.3 is 0 Å². The van der Waals surface area contributed by atoms with Crippen LogP contribution in [-0.4, -0.2) is 41.3 Å². The minimum atomic E-state index is -1.88. The van der Waals surface area contributed by atoms with Crippen molar-refractivity contribution in [1.29, 1.82) is 0 Å². The maximum absolute atomic E-state index is 6.65. The summed E-state index contributed by atoms with van der Waals surface area (Å²) in [6.07, 6.45) is 2.52. The van der Waals surface area contributed by atoms with Gasteiger partial charge in [0, 0.05) is 0 Å². The fraction of sp³-hybridized carbons (Fsp3) is 0.556. The lowest BCUT2D eigenvalue weighted by atomic mass is 10.3. The molecule has 34 heavy (non-hydrogen) atoms. The Morgan fingerprint density at radius 1 is 0.500 bits per heavy atom. The zero-order chi connectivity index (χ0) is 26.0. The van der Waals surface area contributed by atoms with Crippen LogP contribution in [0.2, 0.25) is 78.1 Å². The Labute approximate surface area is 216 Å². The van der Waals surface area contributed by atoms with Crippen molar-refractivity contribution in [3.8, 4) is 0 Å². The lowest BCUT2D eigenvalue weighted by Crippen LogP contribution is -2.57. The van der Waals surface area contributed by atoms with Crippen molar-refractivity contribution >= 4 is 62.1 Å². The molecule has 0 saturated heterocycles. The molecule has 0 heterocycles. The van der Waals surface area contributed by atoms with E-state index in [-0.39, 0.29) is 0 Å². The topological polar surface area (TPSA) is 18.5 Å². The lowest BCUT2D eigenvalue weighted by Gasteiger charge is -2.34. The Hall–Kier alpha value is -0.556. The molecule has 2 aromatic rings. The molecular formula is C27H50O2Si5. The molecule has 0 radical (unpaired) electrons. The number of unbranched alkanes of at least 4 members (excludes halogenated alkanes) is 1. The van der Waals surface area contributed by atoms with E-state index < -0.39 is 41.3 Å². The van der Waals surface area contributed by atoms with E-state index in [0.717, 1.165) is 0 Å². The Kier molecular flexibility index (Phi) is 9.45. The second-order valence-corrected chi connectivity index (χ2v) is 34.6. The van der Waals surface area contributed by atoms with Gasteiger partial charge in [0.15, 0.2) is 16.6 Å². The van der Waals surface area contributed by atoms with Gasteiger partial charge in [-0.3, -0.25) is 0 Å². The second-order valence-electron chi connectivity index (χ2n) is 13.0. The van der Waals surface area contributed by atoms with Gasteiger partial charge in [0.2, 0.25) is 16.6 Å². The van der Waals surface area contributed by atoms with Crippen LogP contribution in [0.15, 0.2) is 48.5 Å². The van der Waals surface area contributed by atoms with Crippen molar-refractivity contribution < 1.29 is 8.23 Å². The Balaban J connectivity index is 2.41. The molecule has 0 aliphatic heterocycles. The third-order valence-electron chi connectivity index (χ3n) is 6.59. The van der Waals surface area contributed by atoms with E-state index in [4.69, 9.17) is 8.23 Å². The van der Waals surface area contributed by atoms with E-state index in [1.807, 2.05) is 0 Å². The van der Waals surface area contributed by atoms with Crippen molar-refractivity contribution in [3.05, 3.63) is 48.5 Å². The van der Waals surface area contributed by atoms with Crippen LogP contribution in [0.5, 0.6) is 0 Å². The first kappa shape index (κ1) is 29.7. The molecule has 0 atom stereocenters. The van der Waals surface area contributed by atoms with E-state index in [1.165, 1.54) is 29.3 Å². The van der Waals surface area contributed by atoms with Crippen molar-refractivity contribution in [1.82, 2.24) is 0 Å². The molecule has 0 amide bonds. The van der Waals surface area contributed by atoms with Crippen LogP contribution < -0.4 is 20.7 Å². The molecule has 0 aliphatic rings. The van der Waals surface area contributed by atoms with Gasteiger partial charge in [-0.15, -0.1) is 0 Å². The third kappa shape index (κ3) is 7.98. The fourth-order valence-corrected chi connectivity index (χ4v) is 24.0. The zero-order valence-electron chi connectivity index (χ0n) is 24.1. The predicted octanol–water partition coefficient (Wildman–Crippen LogP) is 6.21. The summed E-state index contributed by atoms with van der Waals surface area (Å²) in [6, 6.07) is 20.5. The van der Waals surface area contributed by atoms with Gasteiger partial charge in [0.1, 0.15) is 8.07 Å². The molecule has 0 bridgehead atoms. The molecule has 0 fully saturated rings. The van der Waals surface area contributed by atoms with Gasteiger partial charge in [-0.2, -0.15) is 0 Å². The van der Waals surface area contributed by atoms with Gasteiger partial charge in [0.05, 0.1) is 0 Å². The Morgan fingerprint density at radius 3 is 1.06 bits per heavy atom. The third-order valence-corrected chi connectivity index (χ3v) is 23.6. The fourth-order valence-electron chi connectivity index (χ4n) is 5.11. The quantitative estimate of drug-likeness (QED) is 0.312. The lowest BCUT2D eigenvalue weighted by molar-refractivity contribution is 0.565. The van der Waals surface area contributed by atoms with Gasteiger partial charge in [-0.1, -0.05) is 85.2 Å². The molecule has 0 aliphatic carbocycles. The van der Waals surface area contributed by atoms with Crippen LogP contribution in [0, 0.1) is 0 Å². The van der Waals surface area contributed by atoms with E-state index in [2.05, 4.69) is 127 Å². The molecule has 0 unspecified atom stereocenters. The number of hydrogen-bond acceptors (Lipinski definition) is 2. The molecule has 190 valence electrons. The van der Waals surface area contributed by atoms with Crippen LogP contribution in [0.4, 0.5) is 0 Å². The van der Waals surface area contributed by atoms with Crippen molar-refractivity contribution in [2.45, 2.75) is 97.8 Å². The van der Waals surface area contributed by atoms with Crippen molar-refractivity contribution in [2.24, 2.45) is 0 Å². The number of rotatable bonds is 11. The maximum Gasteiger partial charge on any atom is 0.205 e. The smallest absolute Gasteiger partial charge is 0.205 e. The molecule has 7 heteroatoms. The molecule has 2 rings (SSSR count). The van der Waals surface area contributed by atoms with Gasteiger partial charge < -0.3 is 8.23 Å². The number of hydrogen-bond donors (Lipinski definition) is 0. The molecule has 0 saturated carbocycles. The van der Waals surface area contributed by atoms with Gasteiger partial charge in [-0.05, 0) is 81.9 Å². The van der Waals surface area contributed by atoms with E-state index in [0.29, 0.717) is 0 Å². The summed E-state index contributed by atoms with van der Waals surface area (Å²) in [6.45, 7) is 28.1. The number of benzene rings is 2. The summed E-state index contributed by atoms with van der Waals surface area (Å²) in [5.74, 6) is 0. The van der Waals surface area contributed by atoms with Crippen LogP contribution in [-0.2, 0) is 8.23 Å². The summed E-state index contributed by atoms with van der Waals surface area (Å²) < 4.78 is 13.3. The highest BCUT2D eigenvalue weighted by Gasteiger charge is 2.36. The molecule has 0 aromatic heterocycles. The summed E-state index contributed by atoms with van der Waals surface area (Å²) >= 11 is 0. The van der Waals surface area contributed by atoms with Crippen molar-refractivity contribution in [3.63, 3.8) is 0 Å². The van der Waals surface area contributed by atoms with E-state index >= 15 is 0 Å². The van der Waals surface area contributed by atoms with Crippen LogP contribution in [0.3, 0.4) is 0 Å².